The normalized spacial score (nSPS) is 24.8. The minimum atomic E-state index is -0.597. The molecule has 1 amide bonds. The maximum absolute atomic E-state index is 11.7. The number of hydrogen-bond acceptors (Lipinski definition) is 4. The van der Waals surface area contributed by atoms with Gasteiger partial charge in [-0.15, -0.1) is 0 Å². The Morgan fingerprint density at radius 2 is 2.10 bits per heavy atom. The van der Waals surface area contributed by atoms with Crippen molar-refractivity contribution in [2.75, 3.05) is 33.2 Å². The number of likely N-dealkylation sites (N-methyl/N-ethyl adjacent to an activating group) is 1. The highest BCUT2D eigenvalue weighted by atomic mass is 16.1. The Morgan fingerprint density at radius 1 is 1.43 bits per heavy atom. The van der Waals surface area contributed by atoms with Crippen LogP contribution < -0.4 is 11.1 Å². The fourth-order valence-corrected chi connectivity index (χ4v) is 3.29. The number of carbonyl (C=O) groups excluding carboxylic acids is 1. The van der Waals surface area contributed by atoms with Crippen LogP contribution in [0.2, 0.25) is 0 Å². The third-order valence-electron chi connectivity index (χ3n) is 4.46. The zero-order valence-electron chi connectivity index (χ0n) is 14.5. The van der Waals surface area contributed by atoms with Gasteiger partial charge in [0.05, 0.1) is 5.54 Å². The Kier molecular flexibility index (Phi) is 7.10. The standard InChI is InChI=1S/C16H34N4O/c1-13(2)18-16(4,15(17)21)8-6-10-20-11-7-9-19(5)12-14(20)3/h13-14,18H,6-12H2,1-5H3,(H2,17,21). The van der Waals surface area contributed by atoms with Gasteiger partial charge in [0.15, 0.2) is 0 Å². The van der Waals surface area contributed by atoms with Gasteiger partial charge in [-0.05, 0) is 73.6 Å². The molecule has 2 atom stereocenters. The van der Waals surface area contributed by atoms with Gasteiger partial charge in [-0.1, -0.05) is 0 Å². The van der Waals surface area contributed by atoms with Gasteiger partial charge >= 0.3 is 0 Å². The van der Waals surface area contributed by atoms with Crippen LogP contribution in [-0.2, 0) is 4.79 Å². The second kappa shape index (κ2) is 8.11. The summed E-state index contributed by atoms with van der Waals surface area (Å²) in [6, 6.07) is 0.837. The topological polar surface area (TPSA) is 61.6 Å². The van der Waals surface area contributed by atoms with Crippen molar-refractivity contribution >= 4 is 5.91 Å². The first kappa shape index (κ1) is 18.4. The first-order chi connectivity index (χ1) is 9.74. The van der Waals surface area contributed by atoms with Gasteiger partial charge < -0.3 is 16.0 Å². The summed E-state index contributed by atoms with van der Waals surface area (Å²) in [4.78, 5) is 16.7. The van der Waals surface area contributed by atoms with Gasteiger partial charge in [-0.25, -0.2) is 0 Å². The smallest absolute Gasteiger partial charge is 0.237 e. The van der Waals surface area contributed by atoms with Crippen molar-refractivity contribution in [3.63, 3.8) is 0 Å². The number of nitrogens with zero attached hydrogens (tertiary/aromatic N) is 2. The summed E-state index contributed by atoms with van der Waals surface area (Å²) in [5.41, 5.74) is 4.99. The minimum absolute atomic E-state index is 0.250. The third-order valence-corrected chi connectivity index (χ3v) is 4.46. The van der Waals surface area contributed by atoms with E-state index in [1.165, 1.54) is 13.0 Å². The van der Waals surface area contributed by atoms with E-state index in [1.807, 2.05) is 20.8 Å². The molecule has 0 aromatic carbocycles. The Balaban J connectivity index is 2.48. The molecule has 0 aromatic rings. The number of nitrogens with two attached hydrogens (primary N) is 1. The molecule has 1 saturated heterocycles. The summed E-state index contributed by atoms with van der Waals surface area (Å²) in [6.45, 7) is 12.8. The molecule has 124 valence electrons. The van der Waals surface area contributed by atoms with Crippen molar-refractivity contribution in [1.29, 1.82) is 0 Å². The van der Waals surface area contributed by atoms with Crippen molar-refractivity contribution < 1.29 is 4.79 Å². The Labute approximate surface area is 130 Å². The summed E-state index contributed by atoms with van der Waals surface area (Å²) < 4.78 is 0. The van der Waals surface area contributed by atoms with E-state index in [9.17, 15) is 4.79 Å². The van der Waals surface area contributed by atoms with Gasteiger partial charge in [0.2, 0.25) is 5.91 Å². The summed E-state index contributed by atoms with van der Waals surface area (Å²) >= 11 is 0. The average molecular weight is 298 g/mol. The molecular weight excluding hydrogens is 264 g/mol. The van der Waals surface area contributed by atoms with Crippen LogP contribution in [0.4, 0.5) is 0 Å². The second-order valence-electron chi connectivity index (χ2n) is 7.10. The van der Waals surface area contributed by atoms with Crippen molar-refractivity contribution in [2.24, 2.45) is 5.73 Å². The molecule has 1 rings (SSSR count). The first-order valence-electron chi connectivity index (χ1n) is 8.25. The highest BCUT2D eigenvalue weighted by Crippen LogP contribution is 2.16. The monoisotopic (exact) mass is 298 g/mol. The molecule has 5 heteroatoms. The molecule has 0 radical (unpaired) electrons. The molecule has 0 saturated carbocycles. The molecule has 1 aliphatic rings. The number of rotatable bonds is 7. The molecule has 2 unspecified atom stereocenters. The quantitative estimate of drug-likeness (QED) is 0.737. The highest BCUT2D eigenvalue weighted by molar-refractivity contribution is 5.84. The number of primary amides is 1. The summed E-state index contributed by atoms with van der Waals surface area (Å²) in [5.74, 6) is -0.250. The summed E-state index contributed by atoms with van der Waals surface area (Å²) in [5, 5.41) is 3.32. The molecular formula is C16H34N4O. The zero-order chi connectivity index (χ0) is 16.0. The number of carbonyl (C=O) groups is 1. The first-order valence-corrected chi connectivity index (χ1v) is 8.25. The van der Waals surface area contributed by atoms with Gasteiger partial charge in [-0.3, -0.25) is 9.69 Å². The van der Waals surface area contributed by atoms with E-state index in [-0.39, 0.29) is 11.9 Å². The van der Waals surface area contributed by atoms with Gasteiger partial charge in [-0.2, -0.15) is 0 Å². The Hall–Kier alpha value is -0.650. The highest BCUT2D eigenvalue weighted by Gasteiger charge is 2.31. The largest absolute Gasteiger partial charge is 0.368 e. The van der Waals surface area contributed by atoms with Crippen LogP contribution in [0.25, 0.3) is 0 Å². The van der Waals surface area contributed by atoms with E-state index >= 15 is 0 Å². The minimum Gasteiger partial charge on any atom is -0.368 e. The van der Waals surface area contributed by atoms with E-state index in [0.29, 0.717) is 6.04 Å². The van der Waals surface area contributed by atoms with Crippen LogP contribution in [0.5, 0.6) is 0 Å². The average Bonchev–Trinajstić information content (AvgIpc) is 2.50. The molecule has 3 N–H and O–H groups in total. The molecule has 1 heterocycles. The lowest BCUT2D eigenvalue weighted by molar-refractivity contribution is -0.124. The predicted molar refractivity (Wildman–Crippen MR) is 88.3 cm³/mol. The SMILES string of the molecule is CC(C)NC(C)(CCCN1CCCN(C)CC1C)C(N)=O. The molecule has 1 fully saturated rings. The lowest BCUT2D eigenvalue weighted by atomic mass is 9.93. The Bertz CT molecular complexity index is 334. The maximum Gasteiger partial charge on any atom is 0.237 e. The number of nitrogens with one attached hydrogen (secondary N) is 1. The molecule has 0 aromatic heterocycles. The van der Waals surface area contributed by atoms with Crippen molar-refractivity contribution in [3.8, 4) is 0 Å². The fourth-order valence-electron chi connectivity index (χ4n) is 3.29. The van der Waals surface area contributed by atoms with Crippen molar-refractivity contribution in [2.45, 2.75) is 64.6 Å². The van der Waals surface area contributed by atoms with Crippen LogP contribution in [0.15, 0.2) is 0 Å². The molecule has 0 bridgehead atoms. The molecule has 0 spiro atoms. The lowest BCUT2D eigenvalue weighted by Crippen LogP contribution is -2.55. The van der Waals surface area contributed by atoms with E-state index in [0.717, 1.165) is 32.5 Å². The zero-order valence-corrected chi connectivity index (χ0v) is 14.5. The maximum atomic E-state index is 11.7. The van der Waals surface area contributed by atoms with Crippen LogP contribution in [0, 0.1) is 0 Å². The van der Waals surface area contributed by atoms with Crippen LogP contribution >= 0.6 is 0 Å². The van der Waals surface area contributed by atoms with Gasteiger partial charge in [0.1, 0.15) is 0 Å². The summed E-state index contributed by atoms with van der Waals surface area (Å²) in [6.07, 6.45) is 3.00. The molecule has 21 heavy (non-hydrogen) atoms. The van der Waals surface area contributed by atoms with Crippen LogP contribution in [0.3, 0.4) is 0 Å². The Morgan fingerprint density at radius 3 is 2.67 bits per heavy atom. The molecule has 1 aliphatic heterocycles. The van der Waals surface area contributed by atoms with Crippen LogP contribution in [0.1, 0.15) is 47.0 Å². The van der Waals surface area contributed by atoms with Crippen molar-refractivity contribution in [3.05, 3.63) is 0 Å². The molecule has 0 aliphatic carbocycles. The summed E-state index contributed by atoms with van der Waals surface area (Å²) in [7, 11) is 2.19. The number of hydrogen-bond donors (Lipinski definition) is 2. The van der Waals surface area contributed by atoms with Gasteiger partial charge in [0.25, 0.3) is 0 Å². The lowest BCUT2D eigenvalue weighted by Gasteiger charge is -2.32. The second-order valence-corrected chi connectivity index (χ2v) is 7.10. The van der Waals surface area contributed by atoms with Crippen LogP contribution in [-0.4, -0.2) is 66.6 Å². The fraction of sp³-hybridized carbons (Fsp3) is 0.938. The van der Waals surface area contributed by atoms with Crippen molar-refractivity contribution in [1.82, 2.24) is 15.1 Å². The van der Waals surface area contributed by atoms with E-state index < -0.39 is 5.54 Å². The molecule has 5 nitrogen and oxygen atoms in total. The van der Waals surface area contributed by atoms with E-state index in [2.05, 4.69) is 29.1 Å². The predicted octanol–water partition coefficient (Wildman–Crippen LogP) is 1.03. The third kappa shape index (κ3) is 5.93. The van der Waals surface area contributed by atoms with E-state index in [4.69, 9.17) is 5.73 Å². The van der Waals surface area contributed by atoms with E-state index in [1.54, 1.807) is 0 Å². The number of amides is 1. The van der Waals surface area contributed by atoms with Gasteiger partial charge in [0, 0.05) is 18.6 Å².